The first-order valence-corrected chi connectivity index (χ1v) is 8.59. The minimum atomic E-state index is 0.0752. The molecule has 128 valence electrons. The average Bonchev–Trinajstić information content (AvgIpc) is 2.58. The molecule has 0 aliphatic heterocycles. The van der Waals surface area contributed by atoms with Crippen molar-refractivity contribution in [2.75, 3.05) is 26.7 Å². The van der Waals surface area contributed by atoms with E-state index in [-0.39, 0.29) is 5.91 Å². The topological polar surface area (TPSA) is 45.2 Å². The van der Waals surface area contributed by atoms with Gasteiger partial charge in [-0.05, 0) is 54.8 Å². The van der Waals surface area contributed by atoms with Gasteiger partial charge in [-0.15, -0.1) is 0 Å². The molecule has 0 bridgehead atoms. The molecule has 0 radical (unpaired) electrons. The Bertz CT molecular complexity index is 665. The van der Waals surface area contributed by atoms with Gasteiger partial charge in [0.2, 0.25) is 5.91 Å². The van der Waals surface area contributed by atoms with Gasteiger partial charge in [0.05, 0.1) is 6.54 Å². The standard InChI is InChI=1S/C18H21Cl2N3O/c1-23(11-7-14-4-8-21-9-5-14)18(24)13-22-10-6-15-2-3-16(19)12-17(15)20/h2-5,8-9,12,22H,6-7,10-11,13H2,1H3. The number of nitrogens with one attached hydrogen (secondary N) is 1. The lowest BCUT2D eigenvalue weighted by Crippen LogP contribution is -2.37. The van der Waals surface area contributed by atoms with Crippen LogP contribution in [0.15, 0.2) is 42.7 Å². The van der Waals surface area contributed by atoms with E-state index in [1.165, 1.54) is 5.56 Å². The van der Waals surface area contributed by atoms with Gasteiger partial charge in [-0.25, -0.2) is 0 Å². The van der Waals surface area contributed by atoms with Crippen LogP contribution in [0.25, 0.3) is 0 Å². The van der Waals surface area contributed by atoms with Gasteiger partial charge in [-0.2, -0.15) is 0 Å². The summed E-state index contributed by atoms with van der Waals surface area (Å²) in [6.07, 6.45) is 5.11. The highest BCUT2D eigenvalue weighted by molar-refractivity contribution is 6.35. The number of pyridine rings is 1. The minimum Gasteiger partial charge on any atom is -0.344 e. The lowest BCUT2D eigenvalue weighted by molar-refractivity contribution is -0.128. The molecule has 2 aromatic rings. The number of amides is 1. The molecule has 0 atom stereocenters. The summed E-state index contributed by atoms with van der Waals surface area (Å²) in [5.41, 5.74) is 2.20. The Morgan fingerprint density at radius 2 is 1.92 bits per heavy atom. The lowest BCUT2D eigenvalue weighted by atomic mass is 10.1. The van der Waals surface area contributed by atoms with E-state index in [0.717, 1.165) is 18.4 Å². The van der Waals surface area contributed by atoms with Gasteiger partial charge in [-0.1, -0.05) is 29.3 Å². The smallest absolute Gasteiger partial charge is 0.236 e. The van der Waals surface area contributed by atoms with Crippen LogP contribution in [0, 0.1) is 0 Å². The molecule has 0 saturated heterocycles. The molecule has 1 aromatic heterocycles. The van der Waals surface area contributed by atoms with E-state index in [1.807, 2.05) is 31.3 Å². The van der Waals surface area contributed by atoms with Gasteiger partial charge in [0.1, 0.15) is 0 Å². The summed E-state index contributed by atoms with van der Waals surface area (Å²) >= 11 is 12.0. The third-order valence-electron chi connectivity index (χ3n) is 3.77. The monoisotopic (exact) mass is 365 g/mol. The molecule has 2 rings (SSSR count). The fraction of sp³-hybridized carbons (Fsp3) is 0.333. The quantitative estimate of drug-likeness (QED) is 0.730. The highest BCUT2D eigenvalue weighted by Crippen LogP contribution is 2.20. The van der Waals surface area contributed by atoms with Gasteiger partial charge in [0.15, 0.2) is 0 Å². The zero-order valence-corrected chi connectivity index (χ0v) is 15.1. The van der Waals surface area contributed by atoms with Crippen molar-refractivity contribution in [3.63, 3.8) is 0 Å². The van der Waals surface area contributed by atoms with Gasteiger partial charge in [0.25, 0.3) is 0 Å². The van der Waals surface area contributed by atoms with Crippen LogP contribution in [-0.4, -0.2) is 42.5 Å². The van der Waals surface area contributed by atoms with Crippen LogP contribution in [0.4, 0.5) is 0 Å². The number of carbonyl (C=O) groups is 1. The lowest BCUT2D eigenvalue weighted by Gasteiger charge is -2.17. The predicted molar refractivity (Wildman–Crippen MR) is 98.6 cm³/mol. The van der Waals surface area contributed by atoms with Crippen molar-refractivity contribution in [2.45, 2.75) is 12.8 Å². The van der Waals surface area contributed by atoms with Gasteiger partial charge < -0.3 is 10.2 Å². The number of halogens is 2. The Hall–Kier alpha value is -1.62. The second-order valence-corrected chi connectivity index (χ2v) is 6.43. The maximum Gasteiger partial charge on any atom is 0.236 e. The number of likely N-dealkylation sites (N-methyl/N-ethyl adjacent to an activating group) is 1. The second-order valence-electron chi connectivity index (χ2n) is 5.58. The maximum absolute atomic E-state index is 12.1. The molecular formula is C18H21Cl2N3O. The highest BCUT2D eigenvalue weighted by atomic mass is 35.5. The molecule has 4 nitrogen and oxygen atoms in total. The molecule has 0 aliphatic carbocycles. The molecule has 1 aromatic carbocycles. The van der Waals surface area contributed by atoms with E-state index >= 15 is 0 Å². The zero-order chi connectivity index (χ0) is 17.4. The average molecular weight is 366 g/mol. The normalized spacial score (nSPS) is 10.6. The van der Waals surface area contributed by atoms with Crippen LogP contribution < -0.4 is 5.32 Å². The van der Waals surface area contributed by atoms with Crippen molar-refractivity contribution in [2.24, 2.45) is 0 Å². The first-order valence-electron chi connectivity index (χ1n) is 7.84. The number of hydrogen-bond donors (Lipinski definition) is 1. The predicted octanol–water partition coefficient (Wildman–Crippen LogP) is 3.22. The SMILES string of the molecule is CN(CCc1ccncc1)C(=O)CNCCc1ccc(Cl)cc1Cl. The van der Waals surface area contributed by atoms with Crippen molar-refractivity contribution in [1.29, 1.82) is 0 Å². The largest absolute Gasteiger partial charge is 0.344 e. The Morgan fingerprint density at radius 3 is 2.62 bits per heavy atom. The molecule has 0 unspecified atom stereocenters. The minimum absolute atomic E-state index is 0.0752. The van der Waals surface area contributed by atoms with Crippen molar-refractivity contribution in [1.82, 2.24) is 15.2 Å². The van der Waals surface area contributed by atoms with E-state index in [0.29, 0.717) is 29.7 Å². The van der Waals surface area contributed by atoms with Crippen molar-refractivity contribution >= 4 is 29.1 Å². The molecular weight excluding hydrogens is 345 g/mol. The summed E-state index contributed by atoms with van der Waals surface area (Å²) in [7, 11) is 1.82. The summed E-state index contributed by atoms with van der Waals surface area (Å²) in [5, 5.41) is 4.45. The highest BCUT2D eigenvalue weighted by Gasteiger charge is 2.08. The maximum atomic E-state index is 12.1. The van der Waals surface area contributed by atoms with E-state index in [1.54, 1.807) is 23.4 Å². The Morgan fingerprint density at radius 1 is 1.17 bits per heavy atom. The molecule has 1 N–H and O–H groups in total. The third-order valence-corrected chi connectivity index (χ3v) is 4.36. The van der Waals surface area contributed by atoms with E-state index in [4.69, 9.17) is 23.2 Å². The van der Waals surface area contributed by atoms with Crippen LogP contribution in [-0.2, 0) is 17.6 Å². The second kappa shape index (κ2) is 9.62. The van der Waals surface area contributed by atoms with Crippen LogP contribution in [0.5, 0.6) is 0 Å². The van der Waals surface area contributed by atoms with Crippen molar-refractivity contribution < 1.29 is 4.79 Å². The molecule has 1 amide bonds. The molecule has 6 heteroatoms. The van der Waals surface area contributed by atoms with Gasteiger partial charge in [0, 0.05) is 36.0 Å². The van der Waals surface area contributed by atoms with Crippen LogP contribution in [0.2, 0.25) is 10.0 Å². The number of carbonyl (C=O) groups excluding carboxylic acids is 1. The van der Waals surface area contributed by atoms with Gasteiger partial charge >= 0.3 is 0 Å². The fourth-order valence-electron chi connectivity index (χ4n) is 2.25. The number of rotatable bonds is 8. The van der Waals surface area contributed by atoms with Crippen LogP contribution in [0.3, 0.4) is 0 Å². The van der Waals surface area contributed by atoms with Crippen molar-refractivity contribution in [3.05, 3.63) is 63.9 Å². The zero-order valence-electron chi connectivity index (χ0n) is 13.6. The fourth-order valence-corrected chi connectivity index (χ4v) is 2.75. The van der Waals surface area contributed by atoms with E-state index < -0.39 is 0 Å². The van der Waals surface area contributed by atoms with Crippen molar-refractivity contribution in [3.8, 4) is 0 Å². The first kappa shape index (κ1) is 18.7. The summed E-state index contributed by atoms with van der Waals surface area (Å²) in [5.74, 6) is 0.0752. The first-order chi connectivity index (χ1) is 11.6. The molecule has 1 heterocycles. The third kappa shape index (κ3) is 6.11. The molecule has 0 spiro atoms. The number of aromatic nitrogens is 1. The molecule has 24 heavy (non-hydrogen) atoms. The van der Waals surface area contributed by atoms with E-state index in [9.17, 15) is 4.79 Å². The van der Waals surface area contributed by atoms with Crippen LogP contribution >= 0.6 is 23.2 Å². The van der Waals surface area contributed by atoms with E-state index in [2.05, 4.69) is 10.3 Å². The molecule has 0 saturated carbocycles. The number of nitrogens with zero attached hydrogens (tertiary/aromatic N) is 2. The summed E-state index contributed by atoms with van der Waals surface area (Å²) in [6, 6.07) is 9.39. The summed E-state index contributed by atoms with van der Waals surface area (Å²) < 4.78 is 0. The van der Waals surface area contributed by atoms with Gasteiger partial charge in [-0.3, -0.25) is 9.78 Å². The molecule has 0 aliphatic rings. The summed E-state index contributed by atoms with van der Waals surface area (Å²) in [6.45, 7) is 1.69. The number of hydrogen-bond acceptors (Lipinski definition) is 3. The molecule has 0 fully saturated rings. The Kier molecular flexibility index (Phi) is 7.50. The number of benzene rings is 1. The van der Waals surface area contributed by atoms with Crippen LogP contribution in [0.1, 0.15) is 11.1 Å². The Balaban J connectivity index is 1.67. The summed E-state index contributed by atoms with van der Waals surface area (Å²) in [4.78, 5) is 17.8. The Labute approximate surface area is 152 Å².